The highest BCUT2D eigenvalue weighted by Gasteiger charge is 2.53. The molecule has 6 aromatic rings. The molecule has 11 heteroatoms. The van der Waals surface area contributed by atoms with E-state index in [1.54, 1.807) is 7.11 Å². The third-order valence-electron chi connectivity index (χ3n) is 10.1. The van der Waals surface area contributed by atoms with Gasteiger partial charge >= 0.3 is 0 Å². The maximum absolute atomic E-state index is 14.8. The normalized spacial score (nSPS) is 15.7. The van der Waals surface area contributed by atoms with E-state index < -0.39 is 11.6 Å². The Bertz CT molecular complexity index is 2340. The lowest BCUT2D eigenvalue weighted by Gasteiger charge is -2.31. The molecule has 1 aliphatic rings. The van der Waals surface area contributed by atoms with Crippen molar-refractivity contribution in [2.75, 3.05) is 26.9 Å². The number of nitrogens with one attached hydrogen (secondary N) is 2. The number of carbonyl (C=O) groups excluding carboxylic acids is 1. The Morgan fingerprint density at radius 3 is 2.15 bits per heavy atom. The van der Waals surface area contributed by atoms with Crippen LogP contribution >= 0.6 is 15.9 Å². The molecule has 7 rings (SSSR count). The van der Waals surface area contributed by atoms with Gasteiger partial charge in [-0.3, -0.25) is 10.2 Å². The zero-order chi connectivity index (χ0) is 41.6. The highest BCUT2D eigenvalue weighted by molar-refractivity contribution is 9.10. The van der Waals surface area contributed by atoms with E-state index in [1.165, 1.54) is 0 Å². The smallest absolute Gasteiger partial charge is 0.266 e. The lowest BCUT2D eigenvalue weighted by molar-refractivity contribution is -0.130. The van der Waals surface area contributed by atoms with E-state index in [-0.39, 0.29) is 18.9 Å². The zero-order valence-corrected chi connectivity index (χ0v) is 35.0. The van der Waals surface area contributed by atoms with Crippen molar-refractivity contribution in [3.05, 3.63) is 190 Å². The summed E-state index contributed by atoms with van der Waals surface area (Å²) in [5, 5.41) is 9.17. The number of hydrogen-bond donors (Lipinski definition) is 3. The first-order valence-corrected chi connectivity index (χ1v) is 20.7. The predicted octanol–water partition coefficient (Wildman–Crippen LogP) is 8.74. The van der Waals surface area contributed by atoms with Gasteiger partial charge in [0.1, 0.15) is 24.7 Å². The maximum atomic E-state index is 14.8. The predicted molar refractivity (Wildman–Crippen MR) is 235 cm³/mol. The van der Waals surface area contributed by atoms with E-state index in [9.17, 15) is 4.79 Å². The molecule has 3 N–H and O–H groups in total. The monoisotopic (exact) mass is 869 g/mol. The van der Waals surface area contributed by atoms with Crippen LogP contribution in [0, 0.1) is 0 Å². The molecule has 0 bridgehead atoms. The largest absolute Gasteiger partial charge is 0.497 e. The number of halogens is 1. The quantitative estimate of drug-likeness (QED) is 0.0515. The van der Waals surface area contributed by atoms with Crippen LogP contribution in [0.15, 0.2) is 161 Å². The van der Waals surface area contributed by atoms with Gasteiger partial charge in [0.05, 0.1) is 13.7 Å². The summed E-state index contributed by atoms with van der Waals surface area (Å²) in [6.07, 6.45) is 0.517. The first-order chi connectivity index (χ1) is 29.4. The molecule has 10 nitrogen and oxygen atoms in total. The third kappa shape index (κ3) is 10.7. The molecule has 0 aromatic heterocycles. The summed E-state index contributed by atoms with van der Waals surface area (Å²) in [6, 6.07) is 48.7. The number of amides is 1. The number of benzene rings is 6. The fourth-order valence-electron chi connectivity index (χ4n) is 6.89. The summed E-state index contributed by atoms with van der Waals surface area (Å²) < 4.78 is 31.5. The van der Waals surface area contributed by atoms with Crippen LogP contribution in [0.2, 0.25) is 0 Å². The van der Waals surface area contributed by atoms with Gasteiger partial charge in [0.25, 0.3) is 5.91 Å². The van der Waals surface area contributed by atoms with Crippen LogP contribution in [0.25, 0.3) is 0 Å². The van der Waals surface area contributed by atoms with E-state index >= 15 is 0 Å². The zero-order valence-electron chi connectivity index (χ0n) is 33.4. The van der Waals surface area contributed by atoms with Gasteiger partial charge in [-0.05, 0) is 88.8 Å². The summed E-state index contributed by atoms with van der Waals surface area (Å²) in [4.78, 5) is 20.0. The molecule has 308 valence electrons. The van der Waals surface area contributed by atoms with Gasteiger partial charge in [-0.25, -0.2) is 10.4 Å². The van der Waals surface area contributed by atoms with Gasteiger partial charge < -0.3 is 28.8 Å². The third-order valence-corrected chi connectivity index (χ3v) is 10.8. The standard InChI is InChI=1S/C49H48BrN3O7/c1-56-42-18-10-17-39(31-42)46-49(32-40-16-8-9-19-43(40)50,52-47(60-46)38-21-23-41(24-22-38)57-29-11-28-54)48(55)53-51-27-26-35-20-25-44(58-33-36-12-4-2-5-13-36)45(30-35)59-34-37-14-6-3-7-15-37/h2-10,12-25,30-31,46,51,54H,11,26-29,32-34H2,1H3,(H,53,55)/t46-,49-/m0/s1. The second kappa shape index (κ2) is 20.7. The van der Waals surface area contributed by atoms with E-state index in [1.807, 2.05) is 152 Å². The summed E-state index contributed by atoms with van der Waals surface area (Å²) in [7, 11) is 1.61. The number of hydrazine groups is 1. The number of rotatable bonds is 20. The lowest BCUT2D eigenvalue weighted by Crippen LogP contribution is -2.54. The number of ether oxygens (including phenoxy) is 5. The van der Waals surface area contributed by atoms with Crippen LogP contribution in [0.3, 0.4) is 0 Å². The topological polar surface area (TPSA) is 120 Å². The molecule has 2 atom stereocenters. The highest BCUT2D eigenvalue weighted by atomic mass is 79.9. The van der Waals surface area contributed by atoms with Gasteiger partial charge in [-0.15, -0.1) is 0 Å². The van der Waals surface area contributed by atoms with Gasteiger partial charge in [0, 0.05) is 36.0 Å². The van der Waals surface area contributed by atoms with Crippen molar-refractivity contribution in [3.63, 3.8) is 0 Å². The van der Waals surface area contributed by atoms with E-state index in [2.05, 4.69) is 26.8 Å². The van der Waals surface area contributed by atoms with Gasteiger partial charge in [-0.1, -0.05) is 113 Å². The Balaban J connectivity index is 1.13. The number of nitrogens with zero attached hydrogens (tertiary/aromatic N) is 1. The van der Waals surface area contributed by atoms with Crippen molar-refractivity contribution in [1.82, 2.24) is 10.9 Å². The maximum Gasteiger partial charge on any atom is 0.266 e. The molecule has 1 aliphatic heterocycles. The Hall–Kier alpha value is -6.14. The first-order valence-electron chi connectivity index (χ1n) is 19.9. The minimum absolute atomic E-state index is 0.0497. The van der Waals surface area contributed by atoms with Crippen molar-refractivity contribution < 1.29 is 33.6 Å². The van der Waals surface area contributed by atoms with E-state index in [0.717, 1.165) is 32.3 Å². The minimum Gasteiger partial charge on any atom is -0.497 e. The second-order valence-electron chi connectivity index (χ2n) is 14.3. The van der Waals surface area contributed by atoms with Gasteiger partial charge in [0.15, 0.2) is 23.1 Å². The second-order valence-corrected chi connectivity index (χ2v) is 15.1. The molecule has 1 heterocycles. The van der Waals surface area contributed by atoms with E-state index in [0.29, 0.717) is 73.7 Å². The SMILES string of the molecule is COc1cccc([C@@H]2OC(c3ccc(OCCCO)cc3)=N[C@]2(Cc2ccccc2Br)C(=O)NNCCc2ccc(OCc3ccccc3)c(OCc3ccccc3)c2)c1. The molecule has 0 radical (unpaired) electrons. The molecule has 60 heavy (non-hydrogen) atoms. The minimum atomic E-state index is -1.44. The first kappa shape index (κ1) is 42.0. The highest BCUT2D eigenvalue weighted by Crippen LogP contribution is 2.44. The lowest BCUT2D eigenvalue weighted by atomic mass is 9.82. The van der Waals surface area contributed by atoms with Gasteiger partial charge in [0.2, 0.25) is 5.90 Å². The number of hydrogen-bond acceptors (Lipinski definition) is 9. The number of aliphatic imine (C=N–C) groups is 1. The van der Waals surface area contributed by atoms with Crippen molar-refractivity contribution in [2.45, 2.75) is 44.1 Å². The van der Waals surface area contributed by atoms with Gasteiger partial charge in [-0.2, -0.15) is 0 Å². The molecule has 0 saturated heterocycles. The molecule has 0 spiro atoms. The number of aliphatic hydroxyl groups excluding tert-OH is 1. The summed E-state index contributed by atoms with van der Waals surface area (Å²) in [5.41, 5.74) is 10.2. The van der Waals surface area contributed by atoms with Crippen LogP contribution in [-0.4, -0.2) is 49.3 Å². The number of methoxy groups -OCH3 is 1. The summed E-state index contributed by atoms with van der Waals surface area (Å²) in [6.45, 7) is 1.66. The van der Waals surface area contributed by atoms with E-state index in [4.69, 9.17) is 33.8 Å². The number of carbonyl (C=O) groups is 1. The molecule has 0 aliphatic carbocycles. The molecular weight excluding hydrogens is 822 g/mol. The molecular formula is C49H48BrN3O7. The fourth-order valence-corrected chi connectivity index (χ4v) is 7.31. The molecule has 0 unspecified atom stereocenters. The molecule has 6 aromatic carbocycles. The molecule has 0 saturated carbocycles. The van der Waals surface area contributed by atoms with Crippen LogP contribution in [0.4, 0.5) is 0 Å². The molecule has 1 amide bonds. The average molecular weight is 871 g/mol. The van der Waals surface area contributed by atoms with Crippen molar-refractivity contribution >= 4 is 27.7 Å². The van der Waals surface area contributed by atoms with Crippen LogP contribution in [-0.2, 0) is 35.6 Å². The van der Waals surface area contributed by atoms with Crippen LogP contribution in [0.1, 0.15) is 45.9 Å². The Morgan fingerprint density at radius 2 is 1.45 bits per heavy atom. The summed E-state index contributed by atoms with van der Waals surface area (Å²) >= 11 is 3.71. The van der Waals surface area contributed by atoms with Crippen molar-refractivity contribution in [1.29, 1.82) is 0 Å². The average Bonchev–Trinajstić information content (AvgIpc) is 3.69. The Labute approximate surface area is 359 Å². The Kier molecular flexibility index (Phi) is 14.5. The Morgan fingerprint density at radius 1 is 0.750 bits per heavy atom. The summed E-state index contributed by atoms with van der Waals surface area (Å²) in [5.74, 6) is 2.54. The van der Waals surface area contributed by atoms with Crippen LogP contribution < -0.4 is 29.8 Å². The number of aliphatic hydroxyl groups is 1. The van der Waals surface area contributed by atoms with Crippen LogP contribution in [0.5, 0.6) is 23.0 Å². The van der Waals surface area contributed by atoms with Crippen molar-refractivity contribution in [2.24, 2.45) is 4.99 Å². The van der Waals surface area contributed by atoms with Crippen molar-refractivity contribution in [3.8, 4) is 23.0 Å². The fraction of sp³-hybridized carbons (Fsp3) is 0.224. The molecule has 0 fully saturated rings.